The normalized spacial score (nSPS) is 17.7. The number of rotatable bonds is 5. The van der Waals surface area contributed by atoms with Crippen molar-refractivity contribution in [2.24, 2.45) is 0 Å². The third-order valence-electron chi connectivity index (χ3n) is 3.32. The lowest BCUT2D eigenvalue weighted by Gasteiger charge is -2.30. The van der Waals surface area contributed by atoms with Gasteiger partial charge in [0.25, 0.3) is 0 Å². The summed E-state index contributed by atoms with van der Waals surface area (Å²) in [4.78, 5) is 0. The highest BCUT2D eigenvalue weighted by molar-refractivity contribution is 7.87. The maximum absolute atomic E-state index is 12.6. The monoisotopic (exact) mass is 323 g/mol. The molecule has 0 unspecified atom stereocenters. The first-order valence-electron chi connectivity index (χ1n) is 6.53. The molecule has 8 heteroatoms. The topological polar surface area (TPSA) is 55.4 Å². The zero-order valence-corrected chi connectivity index (χ0v) is 12.2. The molecule has 0 aromatic heterocycles. The first-order valence-corrected chi connectivity index (χ1v) is 7.94. The van der Waals surface area contributed by atoms with E-state index < -0.39 is 21.4 Å². The van der Waals surface area contributed by atoms with Crippen LogP contribution in [0.4, 0.5) is 13.2 Å². The minimum absolute atomic E-state index is 0.0818. The molecule has 0 spiro atoms. The third-order valence-corrected chi connectivity index (χ3v) is 4.43. The summed E-state index contributed by atoms with van der Waals surface area (Å²) in [6, 6.07) is 7.03. The van der Waals surface area contributed by atoms with Crippen LogP contribution in [0.5, 0.6) is 0 Å². The van der Waals surface area contributed by atoms with Gasteiger partial charge in [-0.15, -0.1) is 0 Å². The van der Waals surface area contributed by atoms with E-state index in [0.717, 1.165) is 11.1 Å². The Bertz CT molecular complexity index is 588. The van der Waals surface area contributed by atoms with Gasteiger partial charge < -0.3 is 0 Å². The van der Waals surface area contributed by atoms with E-state index in [1.165, 1.54) is 0 Å². The molecular formula is C13H16F3NO3S. The Morgan fingerprint density at radius 2 is 1.76 bits per heavy atom. The van der Waals surface area contributed by atoms with Gasteiger partial charge >= 0.3 is 15.6 Å². The molecule has 1 N–H and O–H groups in total. The molecule has 0 amide bonds. The van der Waals surface area contributed by atoms with E-state index in [1.54, 1.807) is 24.3 Å². The largest absolute Gasteiger partial charge is 0.523 e. The molecule has 0 heterocycles. The fourth-order valence-corrected chi connectivity index (χ4v) is 3.09. The van der Waals surface area contributed by atoms with Crippen molar-refractivity contribution < 1.29 is 25.8 Å². The maximum Gasteiger partial charge on any atom is 0.523 e. The van der Waals surface area contributed by atoms with Crippen molar-refractivity contribution in [1.82, 2.24) is 5.32 Å². The van der Waals surface area contributed by atoms with Gasteiger partial charge in [-0.25, -0.2) is 4.18 Å². The van der Waals surface area contributed by atoms with Crippen molar-refractivity contribution in [3.8, 4) is 0 Å². The molecule has 118 valence electrons. The Kier molecular flexibility index (Phi) is 4.32. The van der Waals surface area contributed by atoms with Crippen molar-refractivity contribution in [3.05, 3.63) is 35.4 Å². The van der Waals surface area contributed by atoms with Gasteiger partial charge in [-0.1, -0.05) is 31.2 Å². The standard InChI is InChI=1S/C13H16F3NO3S/c1-2-7-17-12(20-21(18,19)13(14,15)16)8-10-5-3-4-6-11(10)9-12/h3-6,17H,2,7-9H2,1H3. The molecule has 1 aromatic rings. The number of benzene rings is 1. The van der Waals surface area contributed by atoms with Crippen molar-refractivity contribution in [2.45, 2.75) is 37.4 Å². The second-order valence-corrected chi connectivity index (χ2v) is 6.56. The summed E-state index contributed by atoms with van der Waals surface area (Å²) < 4.78 is 65.0. The second kappa shape index (κ2) is 5.58. The van der Waals surface area contributed by atoms with E-state index in [2.05, 4.69) is 9.50 Å². The summed E-state index contributed by atoms with van der Waals surface area (Å²) in [6.07, 6.45) is 0.810. The highest BCUT2D eigenvalue weighted by Gasteiger charge is 2.53. The summed E-state index contributed by atoms with van der Waals surface area (Å²) in [5.41, 5.74) is -5.41. The van der Waals surface area contributed by atoms with Crippen molar-refractivity contribution in [3.63, 3.8) is 0 Å². The minimum atomic E-state index is -5.65. The van der Waals surface area contributed by atoms with E-state index >= 15 is 0 Å². The van der Waals surface area contributed by atoms with Crippen LogP contribution in [0.2, 0.25) is 0 Å². The molecule has 0 saturated carbocycles. The van der Waals surface area contributed by atoms with Gasteiger partial charge in [0.1, 0.15) is 5.72 Å². The van der Waals surface area contributed by atoms with Gasteiger partial charge in [0, 0.05) is 12.8 Å². The molecule has 0 radical (unpaired) electrons. The number of fused-ring (bicyclic) bond motifs is 1. The van der Waals surface area contributed by atoms with E-state index in [9.17, 15) is 21.6 Å². The lowest BCUT2D eigenvalue weighted by molar-refractivity contribution is -0.0686. The highest BCUT2D eigenvalue weighted by Crippen LogP contribution is 2.36. The molecule has 21 heavy (non-hydrogen) atoms. The zero-order chi connectivity index (χ0) is 15.7. The molecule has 1 aromatic carbocycles. The number of halogens is 3. The first-order chi connectivity index (χ1) is 9.69. The Balaban J connectivity index is 2.30. The molecular weight excluding hydrogens is 307 g/mol. The summed E-state index contributed by atoms with van der Waals surface area (Å²) in [6.45, 7) is 2.20. The van der Waals surface area contributed by atoms with Gasteiger partial charge in [-0.2, -0.15) is 21.6 Å². The molecule has 0 aliphatic heterocycles. The van der Waals surface area contributed by atoms with E-state index in [1.807, 2.05) is 6.92 Å². The molecule has 1 aliphatic rings. The van der Waals surface area contributed by atoms with Crippen LogP contribution in [0.3, 0.4) is 0 Å². The lowest BCUT2D eigenvalue weighted by atomic mass is 10.1. The van der Waals surface area contributed by atoms with Crippen LogP contribution in [0.25, 0.3) is 0 Å². The van der Waals surface area contributed by atoms with Crippen LogP contribution in [0, 0.1) is 0 Å². The van der Waals surface area contributed by atoms with Gasteiger partial charge in [0.15, 0.2) is 0 Å². The van der Waals surface area contributed by atoms with Gasteiger partial charge in [0.05, 0.1) is 0 Å². The fourth-order valence-electron chi connectivity index (χ4n) is 2.40. The van der Waals surface area contributed by atoms with Crippen molar-refractivity contribution in [1.29, 1.82) is 0 Å². The lowest BCUT2D eigenvalue weighted by Crippen LogP contribution is -2.52. The highest BCUT2D eigenvalue weighted by atomic mass is 32.2. The summed E-state index contributed by atoms with van der Waals surface area (Å²) in [5.74, 6) is 0. The van der Waals surface area contributed by atoms with E-state index in [-0.39, 0.29) is 12.8 Å². The van der Waals surface area contributed by atoms with E-state index in [0.29, 0.717) is 13.0 Å². The number of hydrogen-bond donors (Lipinski definition) is 1. The molecule has 0 bridgehead atoms. The molecule has 2 rings (SSSR count). The SMILES string of the molecule is CCCNC1(OS(=O)(=O)C(F)(F)F)Cc2ccccc2C1. The number of alkyl halides is 3. The van der Waals surface area contributed by atoms with Crippen LogP contribution >= 0.6 is 0 Å². The minimum Gasteiger partial charge on any atom is -0.288 e. The Hall–Kier alpha value is -1.12. The maximum atomic E-state index is 12.6. The van der Waals surface area contributed by atoms with E-state index in [4.69, 9.17) is 0 Å². The second-order valence-electron chi connectivity index (χ2n) is 5.03. The van der Waals surface area contributed by atoms with Crippen LogP contribution in [-0.4, -0.2) is 26.2 Å². The number of hydrogen-bond acceptors (Lipinski definition) is 4. The van der Waals surface area contributed by atoms with Crippen molar-refractivity contribution >= 4 is 10.1 Å². The quantitative estimate of drug-likeness (QED) is 0.513. The first kappa shape index (κ1) is 16.3. The van der Waals surface area contributed by atoms with Crippen LogP contribution in [-0.2, 0) is 27.1 Å². The molecule has 0 atom stereocenters. The summed E-state index contributed by atoms with van der Waals surface area (Å²) in [7, 11) is -5.65. The van der Waals surface area contributed by atoms with Gasteiger partial charge in [-0.3, -0.25) is 5.32 Å². The molecule has 0 saturated heterocycles. The fraction of sp³-hybridized carbons (Fsp3) is 0.538. The van der Waals surface area contributed by atoms with Crippen LogP contribution in [0.15, 0.2) is 24.3 Å². The third kappa shape index (κ3) is 3.38. The zero-order valence-electron chi connectivity index (χ0n) is 11.4. The molecule has 0 fully saturated rings. The predicted molar refractivity (Wildman–Crippen MR) is 70.9 cm³/mol. The summed E-state index contributed by atoms with van der Waals surface area (Å²) >= 11 is 0. The average molecular weight is 323 g/mol. The van der Waals surface area contributed by atoms with Crippen LogP contribution < -0.4 is 5.32 Å². The Labute approximate surface area is 121 Å². The Morgan fingerprint density at radius 3 is 2.19 bits per heavy atom. The Morgan fingerprint density at radius 1 is 1.24 bits per heavy atom. The molecule has 4 nitrogen and oxygen atoms in total. The molecule has 1 aliphatic carbocycles. The smallest absolute Gasteiger partial charge is 0.288 e. The summed E-state index contributed by atoms with van der Waals surface area (Å²) in [5, 5.41) is 2.82. The average Bonchev–Trinajstić information content (AvgIpc) is 2.72. The van der Waals surface area contributed by atoms with Crippen LogP contribution in [0.1, 0.15) is 24.5 Å². The van der Waals surface area contributed by atoms with Crippen molar-refractivity contribution in [2.75, 3.05) is 6.54 Å². The van der Waals surface area contributed by atoms with Gasteiger partial charge in [-0.05, 0) is 24.1 Å². The number of nitrogens with one attached hydrogen (secondary N) is 1. The predicted octanol–water partition coefficient (Wildman–Crippen LogP) is 2.35. The van der Waals surface area contributed by atoms with Gasteiger partial charge in [0.2, 0.25) is 0 Å².